The molecule has 2 atom stereocenters. The molecule has 1 saturated carbocycles. The number of amides is 3. The first-order valence-electron chi connectivity index (χ1n) is 12.9. The Bertz CT molecular complexity index is 923. The highest BCUT2D eigenvalue weighted by atomic mass is 35.5. The van der Waals surface area contributed by atoms with Crippen LogP contribution in [0.5, 0.6) is 0 Å². The standard InChI is InChI=1S/C27H38ClN3O4/c1-18(2)17-35-26(34)29-14-21-15-31(16-23(21)19-4-6-22(28)7-5-19)24(32)20-8-12-30(13-9-20)25(33)27(3)10-11-27/h4-7,18,20-21,23H,8-17H2,1-3H3,(H,29,34)/t21-,23-/m0/s1. The fraction of sp³-hybridized carbons (Fsp3) is 0.667. The number of piperidine rings is 1. The van der Waals surface area contributed by atoms with Crippen LogP contribution in [0.1, 0.15) is 57.9 Å². The van der Waals surface area contributed by atoms with Crippen molar-refractivity contribution in [3.63, 3.8) is 0 Å². The predicted octanol–water partition coefficient (Wildman–Crippen LogP) is 4.30. The number of hydrogen-bond acceptors (Lipinski definition) is 4. The molecule has 7 nitrogen and oxygen atoms in total. The van der Waals surface area contributed by atoms with Gasteiger partial charge < -0.3 is 19.9 Å². The summed E-state index contributed by atoms with van der Waals surface area (Å²) >= 11 is 6.10. The second-order valence-corrected chi connectivity index (χ2v) is 11.6. The zero-order valence-corrected chi connectivity index (χ0v) is 21.9. The van der Waals surface area contributed by atoms with Crippen LogP contribution >= 0.6 is 11.6 Å². The molecular weight excluding hydrogens is 466 g/mol. The van der Waals surface area contributed by atoms with Crippen LogP contribution in [0.15, 0.2) is 24.3 Å². The van der Waals surface area contributed by atoms with Crippen LogP contribution in [-0.4, -0.2) is 67.0 Å². The van der Waals surface area contributed by atoms with Gasteiger partial charge >= 0.3 is 6.09 Å². The van der Waals surface area contributed by atoms with Crippen molar-refractivity contribution in [2.75, 3.05) is 39.3 Å². The van der Waals surface area contributed by atoms with Crippen LogP contribution in [0.2, 0.25) is 5.02 Å². The molecule has 3 amide bonds. The van der Waals surface area contributed by atoms with E-state index in [4.69, 9.17) is 16.3 Å². The van der Waals surface area contributed by atoms with E-state index in [9.17, 15) is 14.4 Å². The number of carbonyl (C=O) groups is 3. The lowest BCUT2D eigenvalue weighted by Crippen LogP contribution is -2.46. The molecule has 3 fully saturated rings. The molecule has 8 heteroatoms. The number of benzene rings is 1. The lowest BCUT2D eigenvalue weighted by atomic mass is 9.89. The smallest absolute Gasteiger partial charge is 0.407 e. The minimum absolute atomic E-state index is 0.0559. The van der Waals surface area contributed by atoms with Gasteiger partial charge in [0.25, 0.3) is 0 Å². The fourth-order valence-electron chi connectivity index (χ4n) is 5.22. The number of ether oxygens (including phenoxy) is 1. The van der Waals surface area contributed by atoms with E-state index in [1.807, 2.05) is 54.8 Å². The summed E-state index contributed by atoms with van der Waals surface area (Å²) in [6.45, 7) is 9.38. The van der Waals surface area contributed by atoms with Crippen molar-refractivity contribution >= 4 is 29.5 Å². The summed E-state index contributed by atoms with van der Waals surface area (Å²) in [7, 11) is 0. The van der Waals surface area contributed by atoms with E-state index in [-0.39, 0.29) is 40.9 Å². The Morgan fingerprint density at radius 3 is 2.34 bits per heavy atom. The van der Waals surface area contributed by atoms with Gasteiger partial charge in [0, 0.05) is 60.9 Å². The first kappa shape index (κ1) is 25.8. The average Bonchev–Trinajstić information content (AvgIpc) is 3.46. The molecule has 1 aliphatic carbocycles. The van der Waals surface area contributed by atoms with Crippen molar-refractivity contribution in [2.24, 2.45) is 23.2 Å². The third kappa shape index (κ3) is 6.29. The van der Waals surface area contributed by atoms with Crippen LogP contribution in [0.25, 0.3) is 0 Å². The van der Waals surface area contributed by atoms with E-state index in [2.05, 4.69) is 5.32 Å². The lowest BCUT2D eigenvalue weighted by Gasteiger charge is -2.34. The minimum Gasteiger partial charge on any atom is -0.449 e. The van der Waals surface area contributed by atoms with Gasteiger partial charge in [-0.25, -0.2) is 4.79 Å². The quantitative estimate of drug-likeness (QED) is 0.601. The summed E-state index contributed by atoms with van der Waals surface area (Å²) in [5.41, 5.74) is 0.957. The summed E-state index contributed by atoms with van der Waals surface area (Å²) in [5.74, 6) is 0.832. The Balaban J connectivity index is 1.36. The number of rotatable bonds is 7. The zero-order valence-electron chi connectivity index (χ0n) is 21.1. The predicted molar refractivity (Wildman–Crippen MR) is 135 cm³/mol. The first-order valence-corrected chi connectivity index (χ1v) is 13.3. The molecule has 0 bridgehead atoms. The molecule has 0 radical (unpaired) electrons. The Morgan fingerprint density at radius 1 is 1.09 bits per heavy atom. The van der Waals surface area contributed by atoms with Crippen molar-refractivity contribution in [1.82, 2.24) is 15.1 Å². The molecule has 0 spiro atoms. The maximum Gasteiger partial charge on any atom is 0.407 e. The van der Waals surface area contributed by atoms with E-state index < -0.39 is 6.09 Å². The third-order valence-electron chi connectivity index (χ3n) is 7.75. The van der Waals surface area contributed by atoms with E-state index in [0.717, 1.165) is 18.4 Å². The van der Waals surface area contributed by atoms with Crippen LogP contribution in [0.4, 0.5) is 4.79 Å². The molecule has 35 heavy (non-hydrogen) atoms. The molecule has 1 aromatic rings. The molecule has 2 heterocycles. The lowest BCUT2D eigenvalue weighted by molar-refractivity contribution is -0.142. The first-order chi connectivity index (χ1) is 16.7. The molecule has 1 aromatic carbocycles. The molecule has 3 aliphatic rings. The SMILES string of the molecule is CC(C)COC(=O)NC[C@H]1CN(C(=O)C2CCN(C(=O)C3(C)CC3)CC2)C[C@H]1c1ccc(Cl)cc1. The van der Waals surface area contributed by atoms with Gasteiger partial charge in [-0.1, -0.05) is 44.5 Å². The molecule has 1 N–H and O–H groups in total. The number of hydrogen-bond donors (Lipinski definition) is 1. The van der Waals surface area contributed by atoms with Crippen molar-refractivity contribution in [3.05, 3.63) is 34.9 Å². The van der Waals surface area contributed by atoms with E-state index in [0.29, 0.717) is 57.2 Å². The summed E-state index contributed by atoms with van der Waals surface area (Å²) in [4.78, 5) is 42.2. The Hall–Kier alpha value is -2.28. The molecular formula is C27H38ClN3O4. The topological polar surface area (TPSA) is 79.0 Å². The number of nitrogens with zero attached hydrogens (tertiary/aromatic N) is 2. The number of alkyl carbamates (subject to hydrolysis) is 1. The van der Waals surface area contributed by atoms with Crippen LogP contribution < -0.4 is 5.32 Å². The molecule has 0 unspecified atom stereocenters. The second-order valence-electron chi connectivity index (χ2n) is 11.2. The maximum absolute atomic E-state index is 13.5. The second kappa shape index (κ2) is 10.8. The number of carbonyl (C=O) groups excluding carboxylic acids is 3. The molecule has 0 aromatic heterocycles. The van der Waals surface area contributed by atoms with Gasteiger partial charge in [0.05, 0.1) is 6.61 Å². The van der Waals surface area contributed by atoms with Gasteiger partial charge in [-0.2, -0.15) is 0 Å². The van der Waals surface area contributed by atoms with Crippen molar-refractivity contribution in [2.45, 2.75) is 52.4 Å². The van der Waals surface area contributed by atoms with E-state index >= 15 is 0 Å². The Labute approximate surface area is 213 Å². The molecule has 2 saturated heterocycles. The Kier molecular flexibility index (Phi) is 7.94. The van der Waals surface area contributed by atoms with E-state index in [1.54, 1.807) is 0 Å². The fourth-order valence-corrected chi connectivity index (χ4v) is 5.35. The van der Waals surface area contributed by atoms with Crippen molar-refractivity contribution in [1.29, 1.82) is 0 Å². The highest BCUT2D eigenvalue weighted by Crippen LogP contribution is 2.47. The molecule has 192 valence electrons. The summed E-state index contributed by atoms with van der Waals surface area (Å²) < 4.78 is 5.27. The van der Waals surface area contributed by atoms with Gasteiger partial charge in [-0.15, -0.1) is 0 Å². The Morgan fingerprint density at radius 2 is 1.74 bits per heavy atom. The van der Waals surface area contributed by atoms with Gasteiger partial charge in [0.2, 0.25) is 11.8 Å². The normalized spacial score (nSPS) is 23.9. The van der Waals surface area contributed by atoms with Gasteiger partial charge in [0.1, 0.15) is 0 Å². The van der Waals surface area contributed by atoms with Crippen LogP contribution in [0, 0.1) is 23.2 Å². The maximum atomic E-state index is 13.5. The average molecular weight is 504 g/mol. The van der Waals surface area contributed by atoms with Crippen LogP contribution in [-0.2, 0) is 14.3 Å². The summed E-state index contributed by atoms with van der Waals surface area (Å²) in [6, 6.07) is 7.76. The summed E-state index contributed by atoms with van der Waals surface area (Å²) in [6.07, 6.45) is 2.97. The highest BCUT2D eigenvalue weighted by Gasteiger charge is 2.48. The van der Waals surface area contributed by atoms with Crippen molar-refractivity contribution in [3.8, 4) is 0 Å². The van der Waals surface area contributed by atoms with Crippen molar-refractivity contribution < 1.29 is 19.1 Å². The van der Waals surface area contributed by atoms with Gasteiger partial charge in [0.15, 0.2) is 0 Å². The largest absolute Gasteiger partial charge is 0.449 e. The zero-order chi connectivity index (χ0) is 25.2. The highest BCUT2D eigenvalue weighted by molar-refractivity contribution is 6.30. The summed E-state index contributed by atoms with van der Waals surface area (Å²) in [5, 5.41) is 3.57. The minimum atomic E-state index is -0.417. The van der Waals surface area contributed by atoms with Gasteiger partial charge in [-0.3, -0.25) is 9.59 Å². The third-order valence-corrected chi connectivity index (χ3v) is 8.01. The van der Waals surface area contributed by atoms with Gasteiger partial charge in [-0.05, 0) is 49.3 Å². The molecule has 4 rings (SSSR count). The van der Waals surface area contributed by atoms with Crippen LogP contribution in [0.3, 0.4) is 0 Å². The number of halogens is 1. The number of likely N-dealkylation sites (tertiary alicyclic amines) is 2. The van der Waals surface area contributed by atoms with E-state index in [1.165, 1.54) is 0 Å². The monoisotopic (exact) mass is 503 g/mol. The number of nitrogens with one attached hydrogen (secondary N) is 1. The molecule has 2 aliphatic heterocycles.